The predicted octanol–water partition coefficient (Wildman–Crippen LogP) is -0.730. The Hall–Kier alpha value is 1.25. The first-order valence-electron chi connectivity index (χ1n) is 2.62. The molecule has 48 valence electrons. The molecule has 0 spiro atoms. The second-order valence-electron chi connectivity index (χ2n) is 1.000. The third-order valence-corrected chi connectivity index (χ3v) is 0.500. The summed E-state index contributed by atoms with van der Waals surface area (Å²) in [6.45, 7) is 9.36. The molecule has 0 nitrogen and oxygen atoms in total. The summed E-state index contributed by atoms with van der Waals surface area (Å²) >= 11 is 0. The molecule has 0 radical (unpaired) electrons. The third kappa shape index (κ3) is 56.0. The van der Waals surface area contributed by atoms with Gasteiger partial charge in [0.05, 0.1) is 0 Å². The van der Waals surface area contributed by atoms with E-state index < -0.39 is 0 Å². The van der Waals surface area contributed by atoms with E-state index in [0.29, 0.717) is 0 Å². The van der Waals surface area contributed by atoms with Gasteiger partial charge in [0.1, 0.15) is 0 Å². The van der Waals surface area contributed by atoms with Crippen molar-refractivity contribution in [1.82, 2.24) is 0 Å². The van der Waals surface area contributed by atoms with Gasteiger partial charge in [0.2, 0.25) is 0 Å². The van der Waals surface area contributed by atoms with Crippen molar-refractivity contribution < 1.29 is 17.0 Å². The van der Waals surface area contributed by atoms with Gasteiger partial charge < -0.3 is 23.9 Å². The van der Waals surface area contributed by atoms with Crippen molar-refractivity contribution in [2.45, 2.75) is 33.6 Å². The molecule has 0 unspecified atom stereocenters. The molecule has 8 heavy (non-hydrogen) atoms. The van der Waals surface area contributed by atoms with Crippen LogP contribution < -0.4 is 17.0 Å². The van der Waals surface area contributed by atoms with Crippen molar-refractivity contribution in [3.63, 3.8) is 0 Å². The van der Waals surface area contributed by atoms with Crippen LogP contribution in [0.4, 0.5) is 0 Å². The van der Waals surface area contributed by atoms with Crippen LogP contribution in [-0.4, -0.2) is 23.1 Å². The summed E-state index contributed by atoms with van der Waals surface area (Å²) in [4.78, 5) is 0. The van der Waals surface area contributed by atoms with E-state index in [1.165, 1.54) is 12.8 Å². The number of halogens is 1. The van der Waals surface area contributed by atoms with Crippen LogP contribution in [0.25, 0.3) is 0 Å². The molecule has 0 aromatic rings. The molecule has 0 amide bonds. The Morgan fingerprint density at radius 2 is 1.12 bits per heavy atom. The summed E-state index contributed by atoms with van der Waals surface area (Å²) in [5.74, 6) is 0. The number of hydrogen-bond acceptors (Lipinski definition) is 0. The van der Waals surface area contributed by atoms with E-state index in [9.17, 15) is 0 Å². The fraction of sp³-hybridized carbons (Fsp3) is 0.833. The summed E-state index contributed by atoms with van der Waals surface area (Å²) in [6.07, 6.45) is 2.64. The largest absolute Gasteiger partial charge is 2.00 e. The Morgan fingerprint density at radius 3 is 1.12 bits per heavy atom. The van der Waals surface area contributed by atoms with Gasteiger partial charge in [-0.2, -0.15) is 6.92 Å². The fourth-order valence-corrected chi connectivity index (χ4v) is 0. The summed E-state index contributed by atoms with van der Waals surface area (Å²) in [5, 5.41) is 0. The van der Waals surface area contributed by atoms with Gasteiger partial charge in [0.15, 0.2) is 0 Å². The molecular weight excluding hydrogens is 176 g/mol. The Bertz CT molecular complexity index is 10.5. The Balaban J connectivity index is -0.0000000183. The van der Waals surface area contributed by atoms with E-state index in [1.807, 2.05) is 0 Å². The average Bonchev–Trinajstić information content (AvgIpc) is 1.72. The van der Waals surface area contributed by atoms with Gasteiger partial charge >= 0.3 is 23.1 Å². The van der Waals surface area contributed by atoms with Crippen molar-refractivity contribution >= 4 is 23.1 Å². The number of unbranched alkanes of at least 4 members (excludes halogenated alkanes) is 1. The minimum Gasteiger partial charge on any atom is -1.00 e. The van der Waals surface area contributed by atoms with Crippen LogP contribution in [0.5, 0.6) is 0 Å². The molecule has 0 aliphatic carbocycles. The van der Waals surface area contributed by atoms with Crippen LogP contribution in [0.3, 0.4) is 0 Å². The smallest absolute Gasteiger partial charge is 1.00 e. The molecule has 0 rings (SSSR count). The molecule has 0 bridgehead atoms. The molecule has 0 N–H and O–H groups in total. The summed E-state index contributed by atoms with van der Waals surface area (Å²) in [6, 6.07) is 0. The first kappa shape index (κ1) is 22.8. The van der Waals surface area contributed by atoms with Crippen molar-refractivity contribution in [2.24, 2.45) is 0 Å². The summed E-state index contributed by atoms with van der Waals surface area (Å²) in [7, 11) is 0. The zero-order valence-electron chi connectivity index (χ0n) is 6.21. The molecule has 0 saturated carbocycles. The van der Waals surface area contributed by atoms with Gasteiger partial charge in [-0.15, -0.1) is 0 Å². The first-order valence-corrected chi connectivity index (χ1v) is 2.62. The average molecular weight is 191 g/mol. The standard InChI is InChI=1S/C4H10.C2H5.BrH.Mg/c1-3-4-2;1-2;;/h3-4H2,1-2H3;1H2,2H3;1H;/q;-1;;+2/p-1. The predicted molar refractivity (Wildman–Crippen MR) is 37.4 cm³/mol. The number of hydrogen-bond donors (Lipinski definition) is 0. The maximum absolute atomic E-state index is 3.25. The number of rotatable bonds is 1. The Kier molecular flexibility index (Phi) is 117. The Labute approximate surface area is 80.4 Å². The topological polar surface area (TPSA) is 0 Å². The maximum atomic E-state index is 3.25. The Morgan fingerprint density at radius 1 is 1.00 bits per heavy atom. The van der Waals surface area contributed by atoms with E-state index >= 15 is 0 Å². The SMILES string of the molecule is CCCC.[Br-].[CH2-]C.[Mg+2]. The van der Waals surface area contributed by atoms with E-state index in [0.717, 1.165) is 0 Å². The van der Waals surface area contributed by atoms with Crippen LogP contribution in [0, 0.1) is 6.92 Å². The minimum atomic E-state index is 0. The maximum Gasteiger partial charge on any atom is 2.00 e. The molecule has 0 aliphatic rings. The molecule has 0 aliphatic heterocycles. The van der Waals surface area contributed by atoms with Gasteiger partial charge in [-0.05, 0) is 0 Å². The second-order valence-corrected chi connectivity index (χ2v) is 1.000. The summed E-state index contributed by atoms with van der Waals surface area (Å²) < 4.78 is 0. The van der Waals surface area contributed by atoms with Crippen molar-refractivity contribution in [2.75, 3.05) is 0 Å². The molecular formula is C6H15BrMg. The van der Waals surface area contributed by atoms with E-state index in [4.69, 9.17) is 0 Å². The minimum absolute atomic E-state index is 0. The van der Waals surface area contributed by atoms with E-state index in [1.54, 1.807) is 6.92 Å². The zero-order valence-corrected chi connectivity index (χ0v) is 9.21. The van der Waals surface area contributed by atoms with Gasteiger partial charge in [0.25, 0.3) is 0 Å². The van der Waals surface area contributed by atoms with E-state index in [2.05, 4.69) is 20.8 Å². The molecule has 0 aromatic heterocycles. The second kappa shape index (κ2) is 41.1. The summed E-state index contributed by atoms with van der Waals surface area (Å²) in [5.41, 5.74) is 0. The van der Waals surface area contributed by atoms with Crippen molar-refractivity contribution in [3.05, 3.63) is 6.92 Å². The van der Waals surface area contributed by atoms with Crippen LogP contribution in [0.1, 0.15) is 33.6 Å². The monoisotopic (exact) mass is 190 g/mol. The van der Waals surface area contributed by atoms with Crippen LogP contribution >= 0.6 is 0 Å². The van der Waals surface area contributed by atoms with Gasteiger partial charge in [-0.25, -0.2) is 0 Å². The molecule has 0 saturated heterocycles. The van der Waals surface area contributed by atoms with Gasteiger partial charge in [-0.1, -0.05) is 26.7 Å². The van der Waals surface area contributed by atoms with Gasteiger partial charge in [0, 0.05) is 0 Å². The molecule has 0 heterocycles. The zero-order chi connectivity index (χ0) is 5.41. The molecule has 2 heteroatoms. The van der Waals surface area contributed by atoms with Crippen LogP contribution in [-0.2, 0) is 0 Å². The fourth-order valence-electron chi connectivity index (χ4n) is 0. The van der Waals surface area contributed by atoms with Crippen LogP contribution in [0.2, 0.25) is 0 Å². The van der Waals surface area contributed by atoms with Crippen LogP contribution in [0.15, 0.2) is 0 Å². The van der Waals surface area contributed by atoms with Crippen molar-refractivity contribution in [1.29, 1.82) is 0 Å². The first-order chi connectivity index (χ1) is 2.91. The third-order valence-electron chi connectivity index (χ3n) is 0.500. The quantitative estimate of drug-likeness (QED) is 0.379. The normalized spacial score (nSPS) is 4.50. The molecule has 0 aromatic carbocycles. The molecule has 0 atom stereocenters. The molecule has 0 fully saturated rings. The van der Waals surface area contributed by atoms with Gasteiger partial charge in [-0.3, -0.25) is 0 Å². The van der Waals surface area contributed by atoms with Crippen molar-refractivity contribution in [3.8, 4) is 0 Å². The van der Waals surface area contributed by atoms with E-state index in [-0.39, 0.29) is 40.0 Å².